The number of rotatable bonds is 8. The average molecular weight is 282 g/mol. The summed E-state index contributed by atoms with van der Waals surface area (Å²) in [6.07, 6.45) is 4.52. The van der Waals surface area contributed by atoms with E-state index in [4.69, 9.17) is 4.74 Å². The molecule has 2 rings (SSSR count). The van der Waals surface area contributed by atoms with E-state index in [2.05, 4.69) is 5.32 Å². The van der Waals surface area contributed by atoms with Crippen LogP contribution in [0.25, 0.3) is 0 Å². The van der Waals surface area contributed by atoms with Gasteiger partial charge in [0.2, 0.25) is 11.8 Å². The molecule has 0 bridgehead atoms. The molecule has 1 N–H and O–H groups in total. The molecule has 0 aromatic heterocycles. The number of nitrogens with one attached hydrogen (secondary N) is 1. The van der Waals surface area contributed by atoms with E-state index in [0.717, 1.165) is 26.0 Å². The van der Waals surface area contributed by atoms with Gasteiger partial charge in [-0.15, -0.1) is 0 Å². The molecule has 1 aliphatic heterocycles. The van der Waals surface area contributed by atoms with Crippen molar-refractivity contribution in [3.63, 3.8) is 0 Å². The highest BCUT2D eigenvalue weighted by Crippen LogP contribution is 2.48. The molecule has 5 nitrogen and oxygen atoms in total. The van der Waals surface area contributed by atoms with E-state index < -0.39 is 0 Å². The summed E-state index contributed by atoms with van der Waals surface area (Å²) in [5.41, 5.74) is 0.295. The van der Waals surface area contributed by atoms with Gasteiger partial charge in [-0.3, -0.25) is 14.5 Å². The lowest BCUT2D eigenvalue weighted by atomic mass is 10.0. The minimum Gasteiger partial charge on any atom is -0.385 e. The highest BCUT2D eigenvalue weighted by Gasteiger charge is 2.45. The number of methoxy groups -OCH3 is 1. The van der Waals surface area contributed by atoms with E-state index in [1.807, 2.05) is 13.8 Å². The Morgan fingerprint density at radius 3 is 2.70 bits per heavy atom. The van der Waals surface area contributed by atoms with Crippen molar-refractivity contribution < 1.29 is 14.3 Å². The molecule has 114 valence electrons. The summed E-state index contributed by atoms with van der Waals surface area (Å²) in [7, 11) is 1.71. The van der Waals surface area contributed by atoms with Crippen LogP contribution in [0.15, 0.2) is 0 Å². The fourth-order valence-corrected chi connectivity index (χ4v) is 2.81. The number of carbonyl (C=O) groups is 2. The van der Waals surface area contributed by atoms with Crippen LogP contribution in [0.4, 0.5) is 0 Å². The highest BCUT2D eigenvalue weighted by atomic mass is 16.5. The van der Waals surface area contributed by atoms with Crippen LogP contribution >= 0.6 is 0 Å². The number of nitrogens with zero attached hydrogens (tertiary/aromatic N) is 1. The van der Waals surface area contributed by atoms with Crippen molar-refractivity contribution >= 4 is 11.8 Å². The van der Waals surface area contributed by atoms with Gasteiger partial charge in [-0.25, -0.2) is 0 Å². The van der Waals surface area contributed by atoms with Gasteiger partial charge in [0, 0.05) is 26.3 Å². The minimum atomic E-state index is -0.323. The zero-order valence-electron chi connectivity index (χ0n) is 12.8. The molecule has 0 aromatic carbocycles. The second-order valence-corrected chi connectivity index (χ2v) is 6.24. The standard InChI is InChI=1S/C15H26N2O3/c1-4-11(2)17-13(18)9-12(14(17)19)16-10-15(5-6-15)7-8-20-3/h11-12,16H,4-10H2,1-3H3. The van der Waals surface area contributed by atoms with Gasteiger partial charge >= 0.3 is 0 Å². The van der Waals surface area contributed by atoms with Crippen LogP contribution in [-0.2, 0) is 14.3 Å². The molecule has 2 aliphatic rings. The molecule has 1 saturated carbocycles. The Hall–Kier alpha value is -0.940. The summed E-state index contributed by atoms with van der Waals surface area (Å²) in [4.78, 5) is 25.7. The lowest BCUT2D eigenvalue weighted by Crippen LogP contribution is -2.44. The maximum Gasteiger partial charge on any atom is 0.247 e. The van der Waals surface area contributed by atoms with Crippen LogP contribution in [0.5, 0.6) is 0 Å². The van der Waals surface area contributed by atoms with Crippen molar-refractivity contribution in [2.45, 2.75) is 58.0 Å². The fraction of sp³-hybridized carbons (Fsp3) is 0.867. The molecule has 1 saturated heterocycles. The Labute approximate surface area is 121 Å². The van der Waals surface area contributed by atoms with E-state index in [1.165, 1.54) is 17.7 Å². The van der Waals surface area contributed by atoms with E-state index in [-0.39, 0.29) is 23.9 Å². The molecule has 1 aliphatic carbocycles. The third-order valence-corrected chi connectivity index (χ3v) is 4.73. The van der Waals surface area contributed by atoms with Gasteiger partial charge in [0.05, 0.1) is 12.5 Å². The SMILES string of the molecule is CCC(C)N1C(=O)CC(NCC2(CCOC)CC2)C1=O. The quantitative estimate of drug-likeness (QED) is 0.682. The topological polar surface area (TPSA) is 58.6 Å². The number of hydrogen-bond acceptors (Lipinski definition) is 4. The smallest absolute Gasteiger partial charge is 0.247 e. The van der Waals surface area contributed by atoms with Crippen molar-refractivity contribution in [1.82, 2.24) is 10.2 Å². The van der Waals surface area contributed by atoms with Crippen LogP contribution in [0.1, 0.15) is 46.0 Å². The highest BCUT2D eigenvalue weighted by molar-refractivity contribution is 6.05. The first-order valence-corrected chi connectivity index (χ1v) is 7.61. The molecule has 1 heterocycles. The van der Waals surface area contributed by atoms with Gasteiger partial charge < -0.3 is 10.1 Å². The summed E-state index contributed by atoms with van der Waals surface area (Å²) in [6, 6.07) is -0.318. The average Bonchev–Trinajstić information content (AvgIpc) is 3.15. The molecule has 20 heavy (non-hydrogen) atoms. The summed E-state index contributed by atoms with van der Waals surface area (Å²) in [5, 5.41) is 3.31. The minimum absolute atomic E-state index is 0.00479. The fourth-order valence-electron chi connectivity index (χ4n) is 2.81. The second kappa shape index (κ2) is 6.22. The molecule has 0 aromatic rings. The maximum atomic E-state index is 12.3. The lowest BCUT2D eigenvalue weighted by Gasteiger charge is -2.22. The van der Waals surface area contributed by atoms with E-state index in [0.29, 0.717) is 11.8 Å². The Morgan fingerprint density at radius 1 is 1.45 bits per heavy atom. The largest absolute Gasteiger partial charge is 0.385 e. The normalized spacial score (nSPS) is 26.1. The van der Waals surface area contributed by atoms with Crippen molar-refractivity contribution in [3.05, 3.63) is 0 Å². The predicted molar refractivity (Wildman–Crippen MR) is 76.2 cm³/mol. The Bertz CT molecular complexity index is 379. The lowest BCUT2D eigenvalue weighted by molar-refractivity contribution is -0.141. The zero-order valence-corrected chi connectivity index (χ0v) is 12.8. The molecule has 5 heteroatoms. The van der Waals surface area contributed by atoms with Crippen LogP contribution in [0, 0.1) is 5.41 Å². The van der Waals surface area contributed by atoms with Crippen molar-refractivity contribution in [2.75, 3.05) is 20.3 Å². The van der Waals surface area contributed by atoms with E-state index in [9.17, 15) is 9.59 Å². The number of imide groups is 1. The Kier molecular flexibility index (Phi) is 4.81. The van der Waals surface area contributed by atoms with Gasteiger partial charge in [0.25, 0.3) is 0 Å². The van der Waals surface area contributed by atoms with Crippen LogP contribution < -0.4 is 5.32 Å². The number of carbonyl (C=O) groups excluding carboxylic acids is 2. The molecule has 2 atom stereocenters. The summed E-state index contributed by atoms with van der Waals surface area (Å²) < 4.78 is 5.13. The van der Waals surface area contributed by atoms with Gasteiger partial charge in [-0.05, 0) is 38.0 Å². The van der Waals surface area contributed by atoms with Crippen LogP contribution in [-0.4, -0.2) is 49.1 Å². The van der Waals surface area contributed by atoms with E-state index in [1.54, 1.807) is 7.11 Å². The monoisotopic (exact) mass is 282 g/mol. The Morgan fingerprint density at radius 2 is 2.15 bits per heavy atom. The first-order valence-electron chi connectivity index (χ1n) is 7.61. The third-order valence-electron chi connectivity index (χ3n) is 4.73. The summed E-state index contributed by atoms with van der Waals surface area (Å²) in [6.45, 7) is 5.50. The van der Waals surface area contributed by atoms with Crippen molar-refractivity contribution in [2.24, 2.45) is 5.41 Å². The summed E-state index contributed by atoms with van der Waals surface area (Å²) in [5.74, 6) is -0.0875. The number of hydrogen-bond donors (Lipinski definition) is 1. The van der Waals surface area contributed by atoms with Gasteiger partial charge in [-0.2, -0.15) is 0 Å². The van der Waals surface area contributed by atoms with Gasteiger partial charge in [0.1, 0.15) is 0 Å². The van der Waals surface area contributed by atoms with Crippen molar-refractivity contribution in [1.29, 1.82) is 0 Å². The molecule has 2 amide bonds. The first-order chi connectivity index (χ1) is 9.53. The van der Waals surface area contributed by atoms with E-state index >= 15 is 0 Å². The molecular formula is C15H26N2O3. The number of ether oxygens (including phenoxy) is 1. The molecule has 2 unspecified atom stereocenters. The van der Waals surface area contributed by atoms with Crippen LogP contribution in [0.2, 0.25) is 0 Å². The zero-order chi connectivity index (χ0) is 14.8. The van der Waals surface area contributed by atoms with Gasteiger partial charge in [0.15, 0.2) is 0 Å². The number of likely N-dealkylation sites (tertiary alicyclic amines) is 1. The first kappa shape index (κ1) is 15.4. The molecular weight excluding hydrogens is 256 g/mol. The van der Waals surface area contributed by atoms with Crippen molar-refractivity contribution in [3.8, 4) is 0 Å². The Balaban J connectivity index is 1.85. The molecule has 2 fully saturated rings. The molecule has 0 radical (unpaired) electrons. The second-order valence-electron chi connectivity index (χ2n) is 6.24. The maximum absolute atomic E-state index is 12.3. The predicted octanol–water partition coefficient (Wildman–Crippen LogP) is 1.32. The van der Waals surface area contributed by atoms with Crippen LogP contribution in [0.3, 0.4) is 0 Å². The number of amides is 2. The van der Waals surface area contributed by atoms with Gasteiger partial charge in [-0.1, -0.05) is 6.92 Å². The third kappa shape index (κ3) is 3.20. The molecule has 0 spiro atoms. The summed E-state index contributed by atoms with van der Waals surface area (Å²) >= 11 is 0.